The summed E-state index contributed by atoms with van der Waals surface area (Å²) in [5.74, 6) is -0.490. The molecule has 1 aromatic heterocycles. The van der Waals surface area contributed by atoms with Crippen molar-refractivity contribution < 1.29 is 23.8 Å². The van der Waals surface area contributed by atoms with Crippen LogP contribution >= 0.6 is 11.3 Å². The molecular formula is C23H23FO4S. The summed E-state index contributed by atoms with van der Waals surface area (Å²) in [6.45, 7) is 4.61. The fourth-order valence-corrected chi connectivity index (χ4v) is 4.02. The van der Waals surface area contributed by atoms with Crippen molar-refractivity contribution >= 4 is 17.3 Å². The number of halogens is 1. The first-order valence-corrected chi connectivity index (χ1v) is 10.2. The molecule has 0 aliphatic heterocycles. The van der Waals surface area contributed by atoms with E-state index >= 15 is 0 Å². The molecule has 0 saturated carbocycles. The van der Waals surface area contributed by atoms with Gasteiger partial charge in [-0.05, 0) is 60.9 Å². The lowest BCUT2D eigenvalue weighted by Gasteiger charge is -2.13. The molecular weight excluding hydrogens is 391 g/mol. The molecule has 0 aliphatic carbocycles. The quantitative estimate of drug-likeness (QED) is 0.504. The molecule has 0 amide bonds. The van der Waals surface area contributed by atoms with Crippen molar-refractivity contribution in [1.29, 1.82) is 0 Å². The summed E-state index contributed by atoms with van der Waals surface area (Å²) in [5, 5.41) is 9.19. The van der Waals surface area contributed by atoms with E-state index in [-0.39, 0.29) is 5.82 Å². The fourth-order valence-electron chi connectivity index (χ4n) is 2.92. The zero-order chi connectivity index (χ0) is 20.8. The van der Waals surface area contributed by atoms with E-state index in [1.165, 1.54) is 12.1 Å². The third-order valence-corrected chi connectivity index (χ3v) is 5.77. The number of carboxylic acid groups (broad SMARTS) is 1. The highest BCUT2D eigenvalue weighted by atomic mass is 32.1. The zero-order valence-corrected chi connectivity index (χ0v) is 17.2. The second kappa shape index (κ2) is 9.67. The third kappa shape index (κ3) is 5.65. The predicted octanol–water partition coefficient (Wildman–Crippen LogP) is 5.47. The van der Waals surface area contributed by atoms with E-state index < -0.39 is 12.1 Å². The van der Waals surface area contributed by atoms with Crippen molar-refractivity contribution in [3.8, 4) is 16.2 Å². The molecule has 0 saturated heterocycles. The molecule has 0 unspecified atom stereocenters. The normalized spacial score (nSPS) is 12.0. The molecule has 1 atom stereocenters. The van der Waals surface area contributed by atoms with Gasteiger partial charge in [0, 0.05) is 22.8 Å². The number of thiophene rings is 1. The van der Waals surface area contributed by atoms with E-state index in [2.05, 4.69) is 6.07 Å². The summed E-state index contributed by atoms with van der Waals surface area (Å²) < 4.78 is 24.3. The van der Waals surface area contributed by atoms with Crippen molar-refractivity contribution in [3.63, 3.8) is 0 Å². The smallest absolute Gasteiger partial charge is 0.333 e. The summed E-state index contributed by atoms with van der Waals surface area (Å²) >= 11 is 1.63. The first-order chi connectivity index (χ1) is 14.0. The summed E-state index contributed by atoms with van der Waals surface area (Å²) in [6.07, 6.45) is -0.528. The molecule has 3 aromatic rings. The first kappa shape index (κ1) is 21.0. The van der Waals surface area contributed by atoms with Gasteiger partial charge in [-0.3, -0.25) is 0 Å². The monoisotopic (exact) mass is 414 g/mol. The van der Waals surface area contributed by atoms with E-state index in [0.717, 1.165) is 26.4 Å². The second-order valence-electron chi connectivity index (χ2n) is 6.64. The Morgan fingerprint density at radius 1 is 1.14 bits per heavy atom. The van der Waals surface area contributed by atoms with Crippen LogP contribution in [0.4, 0.5) is 4.39 Å². The van der Waals surface area contributed by atoms with Gasteiger partial charge >= 0.3 is 5.97 Å². The van der Waals surface area contributed by atoms with Gasteiger partial charge in [0.25, 0.3) is 0 Å². The molecule has 1 heterocycles. The molecule has 2 aromatic carbocycles. The molecule has 6 heteroatoms. The lowest BCUT2D eigenvalue weighted by Crippen LogP contribution is -2.26. The topological polar surface area (TPSA) is 55.8 Å². The molecule has 3 rings (SSSR count). The SMILES string of the molecule is CCO[C@@H](Cc1ccc(OCc2sc(-c3ccc(F)cc3)cc2C)cc1)C(=O)O. The Bertz CT molecular complexity index is 948. The van der Waals surface area contributed by atoms with Gasteiger partial charge in [0.2, 0.25) is 0 Å². The van der Waals surface area contributed by atoms with Crippen LogP contribution < -0.4 is 4.74 Å². The molecule has 0 bridgehead atoms. The van der Waals surface area contributed by atoms with Crippen LogP contribution in [0.2, 0.25) is 0 Å². The van der Waals surface area contributed by atoms with Gasteiger partial charge in [-0.25, -0.2) is 9.18 Å². The van der Waals surface area contributed by atoms with Crippen LogP contribution in [0.5, 0.6) is 5.75 Å². The maximum Gasteiger partial charge on any atom is 0.333 e. The summed E-state index contributed by atoms with van der Waals surface area (Å²) in [5.41, 5.74) is 2.99. The van der Waals surface area contributed by atoms with Gasteiger partial charge < -0.3 is 14.6 Å². The Kier molecular flexibility index (Phi) is 7.01. The highest BCUT2D eigenvalue weighted by Crippen LogP contribution is 2.32. The van der Waals surface area contributed by atoms with E-state index in [4.69, 9.17) is 9.47 Å². The van der Waals surface area contributed by atoms with E-state index in [9.17, 15) is 14.3 Å². The lowest BCUT2D eigenvalue weighted by atomic mass is 10.1. The highest BCUT2D eigenvalue weighted by Gasteiger charge is 2.17. The van der Waals surface area contributed by atoms with E-state index in [1.807, 2.05) is 31.2 Å². The lowest BCUT2D eigenvalue weighted by molar-refractivity contribution is -0.149. The zero-order valence-electron chi connectivity index (χ0n) is 16.4. The molecule has 152 valence electrons. The predicted molar refractivity (Wildman–Crippen MR) is 112 cm³/mol. The number of benzene rings is 2. The van der Waals surface area contributed by atoms with Crippen LogP contribution in [0.3, 0.4) is 0 Å². The second-order valence-corrected chi connectivity index (χ2v) is 7.78. The van der Waals surface area contributed by atoms with Crippen LogP contribution in [-0.2, 0) is 22.6 Å². The number of rotatable bonds is 9. The van der Waals surface area contributed by atoms with Crippen LogP contribution in [-0.4, -0.2) is 23.8 Å². The van der Waals surface area contributed by atoms with Crippen molar-refractivity contribution in [1.82, 2.24) is 0 Å². The molecule has 0 spiro atoms. The number of aliphatic carboxylic acids is 1. The van der Waals surface area contributed by atoms with Gasteiger partial charge in [-0.2, -0.15) is 0 Å². The number of hydrogen-bond donors (Lipinski definition) is 1. The minimum absolute atomic E-state index is 0.245. The Hall–Kier alpha value is -2.70. The largest absolute Gasteiger partial charge is 0.488 e. The number of hydrogen-bond acceptors (Lipinski definition) is 4. The Balaban J connectivity index is 1.61. The minimum atomic E-state index is -0.961. The van der Waals surface area contributed by atoms with Crippen LogP contribution in [0.1, 0.15) is 22.9 Å². The van der Waals surface area contributed by atoms with Crippen LogP contribution in [0, 0.1) is 12.7 Å². The van der Waals surface area contributed by atoms with Crippen molar-refractivity contribution in [2.24, 2.45) is 0 Å². The maximum atomic E-state index is 13.1. The summed E-state index contributed by atoms with van der Waals surface area (Å²) in [4.78, 5) is 13.4. The van der Waals surface area contributed by atoms with Gasteiger partial charge in [0.15, 0.2) is 6.10 Å². The molecule has 4 nitrogen and oxygen atoms in total. The average molecular weight is 414 g/mol. The Labute approximate surface area is 173 Å². The molecule has 0 aliphatic rings. The molecule has 0 fully saturated rings. The fraction of sp³-hybridized carbons (Fsp3) is 0.261. The van der Waals surface area contributed by atoms with Crippen molar-refractivity contribution in [2.45, 2.75) is 33.0 Å². The average Bonchev–Trinajstić information content (AvgIpc) is 3.08. The van der Waals surface area contributed by atoms with Crippen molar-refractivity contribution in [2.75, 3.05) is 6.61 Å². The standard InChI is InChI=1S/C23H23FO4S/c1-3-27-20(23(25)26)13-16-4-10-19(11-5-16)28-14-22-15(2)12-21(29-22)17-6-8-18(24)9-7-17/h4-12,20H,3,13-14H2,1-2H3,(H,25,26)/t20-/m0/s1. The number of carboxylic acids is 1. The third-order valence-electron chi connectivity index (χ3n) is 4.51. The number of ether oxygens (including phenoxy) is 2. The molecule has 1 N–H and O–H groups in total. The highest BCUT2D eigenvalue weighted by molar-refractivity contribution is 7.15. The summed E-state index contributed by atoms with van der Waals surface area (Å²) in [7, 11) is 0. The van der Waals surface area contributed by atoms with Crippen molar-refractivity contribution in [3.05, 3.63) is 76.4 Å². The molecule has 0 radical (unpaired) electrons. The Morgan fingerprint density at radius 3 is 2.45 bits per heavy atom. The van der Waals surface area contributed by atoms with Gasteiger partial charge in [-0.1, -0.05) is 24.3 Å². The number of aryl methyl sites for hydroxylation is 1. The van der Waals surface area contributed by atoms with Gasteiger partial charge in [-0.15, -0.1) is 11.3 Å². The van der Waals surface area contributed by atoms with E-state index in [1.54, 1.807) is 30.4 Å². The van der Waals surface area contributed by atoms with Crippen LogP contribution in [0.15, 0.2) is 54.6 Å². The first-order valence-electron chi connectivity index (χ1n) is 9.37. The molecule has 29 heavy (non-hydrogen) atoms. The minimum Gasteiger partial charge on any atom is -0.488 e. The van der Waals surface area contributed by atoms with Gasteiger partial charge in [0.1, 0.15) is 18.2 Å². The van der Waals surface area contributed by atoms with Gasteiger partial charge in [0.05, 0.1) is 0 Å². The Morgan fingerprint density at radius 2 is 1.83 bits per heavy atom. The van der Waals surface area contributed by atoms with Crippen LogP contribution in [0.25, 0.3) is 10.4 Å². The maximum absolute atomic E-state index is 13.1. The van der Waals surface area contributed by atoms with E-state index in [0.29, 0.717) is 25.4 Å². The summed E-state index contributed by atoms with van der Waals surface area (Å²) in [6, 6.07) is 15.9. The number of carbonyl (C=O) groups is 1.